The molecule has 0 atom stereocenters. The van der Waals surface area contributed by atoms with Gasteiger partial charge in [-0.25, -0.2) is 18.2 Å². The van der Waals surface area contributed by atoms with Crippen LogP contribution in [-0.4, -0.2) is 30.2 Å². The van der Waals surface area contributed by atoms with Crippen molar-refractivity contribution < 1.29 is 18.3 Å². The predicted molar refractivity (Wildman–Crippen MR) is 66.4 cm³/mol. The van der Waals surface area contributed by atoms with Crippen LogP contribution >= 0.6 is 0 Å². The average molecular weight is 265 g/mol. The van der Waals surface area contributed by atoms with E-state index in [-0.39, 0.29) is 10.6 Å². The summed E-state index contributed by atoms with van der Waals surface area (Å²) in [4.78, 5) is 14.8. The number of hydrogen-bond donors (Lipinski definition) is 1. The highest BCUT2D eigenvalue weighted by molar-refractivity contribution is 7.91. The lowest BCUT2D eigenvalue weighted by Crippen LogP contribution is -2.13. The Morgan fingerprint density at radius 1 is 1.33 bits per heavy atom. The lowest BCUT2D eigenvalue weighted by molar-refractivity contribution is 0.0686. The van der Waals surface area contributed by atoms with E-state index in [1.54, 1.807) is 24.3 Å². The van der Waals surface area contributed by atoms with E-state index in [0.29, 0.717) is 10.9 Å². The third-order valence-corrected chi connectivity index (χ3v) is 4.35. The van der Waals surface area contributed by atoms with Gasteiger partial charge in [-0.05, 0) is 12.1 Å². The Morgan fingerprint density at radius 2 is 2.00 bits per heavy atom. The molecule has 5 nitrogen and oxygen atoms in total. The highest BCUT2D eigenvalue weighted by Gasteiger charge is 2.23. The van der Waals surface area contributed by atoms with Crippen LogP contribution in [0.15, 0.2) is 35.2 Å². The number of carboxylic acid groups (broad SMARTS) is 1. The smallest absolute Gasteiger partial charge is 0.355 e. The van der Waals surface area contributed by atoms with Crippen molar-refractivity contribution in [3.63, 3.8) is 0 Å². The van der Waals surface area contributed by atoms with Gasteiger partial charge in [-0.1, -0.05) is 25.1 Å². The molecule has 2 aromatic rings. The second-order valence-electron chi connectivity index (χ2n) is 3.74. The third kappa shape index (κ3) is 2.06. The second kappa shape index (κ2) is 4.38. The first kappa shape index (κ1) is 12.5. The van der Waals surface area contributed by atoms with Gasteiger partial charge in [0.1, 0.15) is 4.90 Å². The van der Waals surface area contributed by atoms with Crippen molar-refractivity contribution in [3.05, 3.63) is 36.0 Å². The molecule has 1 aromatic heterocycles. The maximum absolute atomic E-state index is 11.9. The zero-order chi connectivity index (χ0) is 13.3. The highest BCUT2D eigenvalue weighted by Crippen LogP contribution is 2.21. The van der Waals surface area contributed by atoms with E-state index >= 15 is 0 Å². The number of carbonyl (C=O) groups is 1. The molecular formula is C12H11NO4S. The number of sulfone groups is 1. The molecule has 6 heteroatoms. The number of pyridine rings is 1. The van der Waals surface area contributed by atoms with E-state index in [0.717, 1.165) is 0 Å². The number of fused-ring (bicyclic) bond motifs is 1. The Morgan fingerprint density at radius 3 is 2.61 bits per heavy atom. The molecule has 94 valence electrons. The molecular weight excluding hydrogens is 254 g/mol. The first-order valence-electron chi connectivity index (χ1n) is 5.31. The Labute approximate surface area is 104 Å². The number of aromatic carboxylic acids is 1. The van der Waals surface area contributed by atoms with Crippen LogP contribution in [0.2, 0.25) is 0 Å². The first-order valence-corrected chi connectivity index (χ1v) is 6.97. The molecule has 1 heterocycles. The normalized spacial score (nSPS) is 11.6. The number of rotatable bonds is 3. The van der Waals surface area contributed by atoms with Crippen LogP contribution in [0.5, 0.6) is 0 Å². The number of benzene rings is 1. The van der Waals surface area contributed by atoms with Gasteiger partial charge in [0.15, 0.2) is 15.5 Å². The van der Waals surface area contributed by atoms with Crippen molar-refractivity contribution in [2.45, 2.75) is 11.8 Å². The van der Waals surface area contributed by atoms with E-state index in [1.807, 2.05) is 0 Å². The summed E-state index contributed by atoms with van der Waals surface area (Å²) in [5, 5.41) is 9.66. The van der Waals surface area contributed by atoms with Crippen LogP contribution in [0.4, 0.5) is 0 Å². The number of carboxylic acids is 1. The number of hydrogen-bond acceptors (Lipinski definition) is 4. The van der Waals surface area contributed by atoms with E-state index in [2.05, 4.69) is 4.98 Å². The third-order valence-electron chi connectivity index (χ3n) is 2.61. The van der Waals surface area contributed by atoms with Crippen molar-refractivity contribution in [1.29, 1.82) is 0 Å². The monoisotopic (exact) mass is 265 g/mol. The quantitative estimate of drug-likeness (QED) is 0.913. The molecule has 2 rings (SSSR count). The maximum atomic E-state index is 11.9. The molecule has 18 heavy (non-hydrogen) atoms. The Bertz CT molecular complexity index is 722. The largest absolute Gasteiger partial charge is 0.476 e. The van der Waals surface area contributed by atoms with E-state index in [9.17, 15) is 13.2 Å². The minimum Gasteiger partial charge on any atom is -0.476 e. The number of para-hydroxylation sites is 1. The van der Waals surface area contributed by atoms with E-state index < -0.39 is 21.5 Å². The van der Waals surface area contributed by atoms with Crippen LogP contribution in [0.3, 0.4) is 0 Å². The summed E-state index contributed by atoms with van der Waals surface area (Å²) in [6, 6.07) is 8.17. The molecule has 0 aliphatic rings. The Kier molecular flexibility index (Phi) is 3.04. The maximum Gasteiger partial charge on any atom is 0.355 e. The molecule has 0 aliphatic carbocycles. The van der Waals surface area contributed by atoms with Gasteiger partial charge < -0.3 is 5.11 Å². The second-order valence-corrected chi connectivity index (χ2v) is 5.98. The van der Waals surface area contributed by atoms with E-state index in [1.165, 1.54) is 13.0 Å². The lowest BCUT2D eigenvalue weighted by Gasteiger charge is -2.07. The van der Waals surface area contributed by atoms with Gasteiger partial charge in [0.05, 0.1) is 11.3 Å². The zero-order valence-electron chi connectivity index (χ0n) is 9.62. The summed E-state index contributed by atoms with van der Waals surface area (Å²) in [7, 11) is -3.61. The molecule has 0 saturated carbocycles. The van der Waals surface area contributed by atoms with Crippen LogP contribution in [0, 0.1) is 0 Å². The highest BCUT2D eigenvalue weighted by atomic mass is 32.2. The number of nitrogens with zero attached hydrogens (tertiary/aromatic N) is 1. The minimum absolute atomic E-state index is 0.159. The molecule has 0 spiro atoms. The molecule has 0 radical (unpaired) electrons. The summed E-state index contributed by atoms with van der Waals surface area (Å²) in [6.07, 6.45) is 0. The fraction of sp³-hybridized carbons (Fsp3) is 0.167. The lowest BCUT2D eigenvalue weighted by atomic mass is 10.2. The summed E-state index contributed by atoms with van der Waals surface area (Å²) < 4.78 is 23.7. The summed E-state index contributed by atoms with van der Waals surface area (Å²) in [5.74, 6) is -1.50. The molecule has 0 unspecified atom stereocenters. The van der Waals surface area contributed by atoms with Gasteiger partial charge in [-0.3, -0.25) is 0 Å². The standard InChI is InChI=1S/C12H11NO4S/c1-2-18(16,17)10-7-8-5-3-4-6-9(8)13-11(10)12(14)15/h3-7H,2H2,1H3,(H,14,15). The first-order chi connectivity index (χ1) is 8.45. The Hall–Kier alpha value is -1.95. The van der Waals surface area contributed by atoms with Crippen LogP contribution in [0.1, 0.15) is 17.4 Å². The van der Waals surface area contributed by atoms with Crippen molar-refractivity contribution in [2.75, 3.05) is 5.75 Å². The molecule has 0 aliphatic heterocycles. The topological polar surface area (TPSA) is 84.3 Å². The van der Waals surface area contributed by atoms with Gasteiger partial charge in [0.25, 0.3) is 0 Å². The van der Waals surface area contributed by atoms with Crippen molar-refractivity contribution in [2.24, 2.45) is 0 Å². The number of aromatic nitrogens is 1. The SMILES string of the molecule is CCS(=O)(=O)c1cc2ccccc2nc1C(=O)O. The Balaban J connectivity index is 2.86. The molecule has 0 fully saturated rings. The predicted octanol–water partition coefficient (Wildman–Crippen LogP) is 1.73. The minimum atomic E-state index is -3.61. The van der Waals surface area contributed by atoms with Gasteiger partial charge >= 0.3 is 5.97 Å². The average Bonchev–Trinajstić information content (AvgIpc) is 2.37. The van der Waals surface area contributed by atoms with Crippen LogP contribution in [0.25, 0.3) is 10.9 Å². The van der Waals surface area contributed by atoms with Crippen molar-refractivity contribution in [3.8, 4) is 0 Å². The van der Waals surface area contributed by atoms with Crippen LogP contribution < -0.4 is 0 Å². The molecule has 0 amide bonds. The summed E-state index contributed by atoms with van der Waals surface area (Å²) in [5.41, 5.74) is 0.0421. The molecule has 0 saturated heterocycles. The summed E-state index contributed by atoms with van der Waals surface area (Å²) in [6.45, 7) is 1.47. The van der Waals surface area contributed by atoms with Crippen molar-refractivity contribution in [1.82, 2.24) is 4.98 Å². The van der Waals surface area contributed by atoms with Crippen LogP contribution in [-0.2, 0) is 9.84 Å². The molecule has 1 aromatic carbocycles. The fourth-order valence-corrected chi connectivity index (χ4v) is 2.69. The van der Waals surface area contributed by atoms with Crippen molar-refractivity contribution >= 4 is 26.7 Å². The van der Waals surface area contributed by atoms with Gasteiger partial charge in [-0.15, -0.1) is 0 Å². The summed E-state index contributed by atoms with van der Waals surface area (Å²) >= 11 is 0. The van der Waals surface area contributed by atoms with E-state index in [4.69, 9.17) is 5.11 Å². The van der Waals surface area contributed by atoms with Gasteiger partial charge in [0.2, 0.25) is 0 Å². The van der Waals surface area contributed by atoms with Gasteiger partial charge in [0, 0.05) is 5.39 Å². The molecule has 1 N–H and O–H groups in total. The van der Waals surface area contributed by atoms with Gasteiger partial charge in [-0.2, -0.15) is 0 Å². The zero-order valence-corrected chi connectivity index (χ0v) is 10.4. The fourth-order valence-electron chi connectivity index (χ4n) is 1.64. The molecule has 0 bridgehead atoms.